The lowest BCUT2D eigenvalue weighted by Crippen LogP contribution is -2.37. The number of nitrogens with zero attached hydrogens (tertiary/aromatic N) is 2. The van der Waals surface area contributed by atoms with E-state index in [1.54, 1.807) is 12.0 Å². The fourth-order valence-electron chi connectivity index (χ4n) is 3.31. The van der Waals surface area contributed by atoms with E-state index in [-0.39, 0.29) is 6.03 Å². The van der Waals surface area contributed by atoms with Crippen LogP contribution in [0.1, 0.15) is 22.4 Å². The highest BCUT2D eigenvalue weighted by atomic mass is 35.5. The van der Waals surface area contributed by atoms with Crippen LogP contribution in [-0.4, -0.2) is 35.8 Å². The summed E-state index contributed by atoms with van der Waals surface area (Å²) >= 11 is 6.12. The lowest BCUT2D eigenvalue weighted by molar-refractivity contribution is 0.152. The van der Waals surface area contributed by atoms with Crippen LogP contribution in [0.5, 0.6) is 0 Å². The molecule has 3 rings (SSSR count). The first-order valence-corrected chi connectivity index (χ1v) is 10.3. The molecule has 0 fully saturated rings. The number of aryl methyl sites for hydroxylation is 1. The van der Waals surface area contributed by atoms with Gasteiger partial charge in [-0.15, -0.1) is 0 Å². The number of methoxy groups -OCH3 is 1. The molecule has 5 nitrogen and oxygen atoms in total. The van der Waals surface area contributed by atoms with Crippen molar-refractivity contribution >= 4 is 23.3 Å². The zero-order chi connectivity index (χ0) is 21.5. The molecule has 1 N–H and O–H groups in total. The standard InChI is InChI=1S/C24H28ClN3O2/c1-18-7-4-11-23(19(18)2)26-24(29)28(13-14-30-3)17-22-10-6-12-27(22)16-20-8-5-9-21(25)15-20/h4-12,15H,13-14,16-17H2,1-3H3,(H,26,29). The Labute approximate surface area is 183 Å². The van der Waals surface area contributed by atoms with Crippen LogP contribution in [0, 0.1) is 13.8 Å². The van der Waals surface area contributed by atoms with E-state index in [0.29, 0.717) is 26.2 Å². The summed E-state index contributed by atoms with van der Waals surface area (Å²) in [6.07, 6.45) is 2.02. The van der Waals surface area contributed by atoms with E-state index in [9.17, 15) is 4.79 Å². The Hall–Kier alpha value is -2.76. The van der Waals surface area contributed by atoms with Gasteiger partial charge in [-0.05, 0) is 60.9 Å². The number of rotatable bonds is 8. The Kier molecular flexibility index (Phi) is 7.55. The van der Waals surface area contributed by atoms with Crippen LogP contribution in [0.15, 0.2) is 60.8 Å². The number of ether oxygens (including phenoxy) is 1. The summed E-state index contributed by atoms with van der Waals surface area (Å²) in [7, 11) is 1.64. The summed E-state index contributed by atoms with van der Waals surface area (Å²) in [5.74, 6) is 0. The maximum absolute atomic E-state index is 13.1. The SMILES string of the molecule is COCCN(Cc1cccn1Cc1cccc(Cl)c1)C(=O)Nc1cccc(C)c1C. The van der Waals surface area contributed by atoms with E-state index in [0.717, 1.165) is 33.1 Å². The summed E-state index contributed by atoms with van der Waals surface area (Å²) in [4.78, 5) is 14.8. The maximum atomic E-state index is 13.1. The number of aromatic nitrogens is 1. The predicted molar refractivity (Wildman–Crippen MR) is 122 cm³/mol. The second kappa shape index (κ2) is 10.3. The van der Waals surface area contributed by atoms with Gasteiger partial charge in [-0.1, -0.05) is 35.9 Å². The molecule has 30 heavy (non-hydrogen) atoms. The molecular formula is C24H28ClN3O2. The van der Waals surface area contributed by atoms with Gasteiger partial charge in [-0.25, -0.2) is 4.79 Å². The summed E-state index contributed by atoms with van der Waals surface area (Å²) in [6.45, 7) is 6.19. The first kappa shape index (κ1) is 21.9. The number of carbonyl (C=O) groups is 1. The monoisotopic (exact) mass is 425 g/mol. The summed E-state index contributed by atoms with van der Waals surface area (Å²) in [6, 6.07) is 17.6. The van der Waals surface area contributed by atoms with Crippen LogP contribution < -0.4 is 5.32 Å². The third-order valence-electron chi connectivity index (χ3n) is 5.22. The van der Waals surface area contributed by atoms with Crippen LogP contribution in [-0.2, 0) is 17.8 Å². The first-order valence-electron chi connectivity index (χ1n) is 9.97. The van der Waals surface area contributed by atoms with Crippen molar-refractivity contribution in [1.29, 1.82) is 0 Å². The van der Waals surface area contributed by atoms with Gasteiger partial charge >= 0.3 is 6.03 Å². The van der Waals surface area contributed by atoms with Gasteiger partial charge in [0.15, 0.2) is 0 Å². The Balaban J connectivity index is 1.76. The van der Waals surface area contributed by atoms with Crippen LogP contribution in [0.3, 0.4) is 0 Å². The maximum Gasteiger partial charge on any atom is 0.322 e. The van der Waals surface area contributed by atoms with Gasteiger partial charge in [0.25, 0.3) is 0 Å². The number of urea groups is 1. The minimum Gasteiger partial charge on any atom is -0.383 e. The van der Waals surface area contributed by atoms with Crippen molar-refractivity contribution in [3.63, 3.8) is 0 Å². The van der Waals surface area contributed by atoms with Crippen LogP contribution in [0.2, 0.25) is 5.02 Å². The van der Waals surface area contributed by atoms with Gasteiger partial charge in [-0.3, -0.25) is 0 Å². The van der Waals surface area contributed by atoms with Crippen molar-refractivity contribution in [2.75, 3.05) is 25.6 Å². The number of amides is 2. The van der Waals surface area contributed by atoms with Gasteiger partial charge in [-0.2, -0.15) is 0 Å². The Morgan fingerprint density at radius 3 is 2.70 bits per heavy atom. The Morgan fingerprint density at radius 2 is 1.93 bits per heavy atom. The molecule has 6 heteroatoms. The van der Waals surface area contributed by atoms with E-state index in [1.165, 1.54) is 0 Å². The van der Waals surface area contributed by atoms with Crippen molar-refractivity contribution < 1.29 is 9.53 Å². The topological polar surface area (TPSA) is 46.5 Å². The minimum atomic E-state index is -0.142. The molecule has 0 unspecified atom stereocenters. The summed E-state index contributed by atoms with van der Waals surface area (Å²) in [5.41, 5.74) is 5.20. The molecule has 0 radical (unpaired) electrons. The highest BCUT2D eigenvalue weighted by molar-refractivity contribution is 6.30. The van der Waals surface area contributed by atoms with Crippen LogP contribution >= 0.6 is 11.6 Å². The lowest BCUT2D eigenvalue weighted by atomic mass is 10.1. The number of anilines is 1. The smallest absolute Gasteiger partial charge is 0.322 e. The largest absolute Gasteiger partial charge is 0.383 e. The van der Waals surface area contributed by atoms with Crippen molar-refractivity contribution in [3.05, 3.63) is 88.2 Å². The molecule has 2 amide bonds. The number of hydrogen-bond acceptors (Lipinski definition) is 2. The molecule has 0 spiro atoms. The number of nitrogens with one attached hydrogen (secondary N) is 1. The number of halogens is 1. The average Bonchev–Trinajstić information content (AvgIpc) is 3.15. The highest BCUT2D eigenvalue weighted by Gasteiger charge is 2.17. The number of carbonyl (C=O) groups excluding carboxylic acids is 1. The van der Waals surface area contributed by atoms with Crippen molar-refractivity contribution in [1.82, 2.24) is 9.47 Å². The molecule has 0 aliphatic carbocycles. The van der Waals surface area contributed by atoms with Crippen LogP contribution in [0.25, 0.3) is 0 Å². The van der Waals surface area contributed by atoms with Crippen molar-refractivity contribution in [2.45, 2.75) is 26.9 Å². The zero-order valence-electron chi connectivity index (χ0n) is 17.7. The van der Waals surface area contributed by atoms with Crippen LogP contribution in [0.4, 0.5) is 10.5 Å². The van der Waals surface area contributed by atoms with E-state index >= 15 is 0 Å². The lowest BCUT2D eigenvalue weighted by Gasteiger charge is -2.24. The molecule has 0 saturated heterocycles. The second-order valence-corrected chi connectivity index (χ2v) is 7.79. The van der Waals surface area contributed by atoms with Gasteiger partial charge < -0.3 is 19.5 Å². The third kappa shape index (κ3) is 5.65. The molecule has 0 aliphatic rings. The quantitative estimate of drug-likeness (QED) is 0.518. The predicted octanol–water partition coefficient (Wildman–Crippen LogP) is 5.49. The molecule has 0 aliphatic heterocycles. The minimum absolute atomic E-state index is 0.142. The Morgan fingerprint density at radius 1 is 1.13 bits per heavy atom. The number of benzene rings is 2. The molecule has 158 valence electrons. The molecular weight excluding hydrogens is 398 g/mol. The molecule has 1 heterocycles. The van der Waals surface area contributed by atoms with E-state index in [2.05, 4.69) is 9.88 Å². The van der Waals surface area contributed by atoms with Gasteiger partial charge in [0.05, 0.1) is 13.2 Å². The normalized spacial score (nSPS) is 10.8. The molecule has 3 aromatic rings. The Bertz CT molecular complexity index is 1000. The molecule has 0 saturated carbocycles. The number of hydrogen-bond donors (Lipinski definition) is 1. The zero-order valence-corrected chi connectivity index (χ0v) is 18.4. The van der Waals surface area contributed by atoms with Crippen molar-refractivity contribution in [3.8, 4) is 0 Å². The van der Waals surface area contributed by atoms with E-state index in [4.69, 9.17) is 16.3 Å². The molecule has 2 aromatic carbocycles. The summed E-state index contributed by atoms with van der Waals surface area (Å²) in [5, 5.41) is 3.77. The molecule has 0 atom stereocenters. The highest BCUT2D eigenvalue weighted by Crippen LogP contribution is 2.19. The first-order chi connectivity index (χ1) is 14.5. The average molecular weight is 426 g/mol. The van der Waals surface area contributed by atoms with Crippen molar-refractivity contribution in [2.24, 2.45) is 0 Å². The van der Waals surface area contributed by atoms with E-state index in [1.807, 2.05) is 74.6 Å². The van der Waals surface area contributed by atoms with Gasteiger partial charge in [0.1, 0.15) is 0 Å². The fourth-order valence-corrected chi connectivity index (χ4v) is 3.52. The fraction of sp³-hybridized carbons (Fsp3) is 0.292. The van der Waals surface area contributed by atoms with Gasteiger partial charge in [0.2, 0.25) is 0 Å². The molecule has 0 bridgehead atoms. The summed E-state index contributed by atoms with van der Waals surface area (Å²) < 4.78 is 7.37. The van der Waals surface area contributed by atoms with E-state index < -0.39 is 0 Å². The third-order valence-corrected chi connectivity index (χ3v) is 5.45. The van der Waals surface area contributed by atoms with Gasteiger partial charge in [0, 0.05) is 42.8 Å². The molecule has 1 aromatic heterocycles. The second-order valence-electron chi connectivity index (χ2n) is 7.35.